The Labute approximate surface area is 89.5 Å². The van der Waals surface area contributed by atoms with E-state index in [9.17, 15) is 9.59 Å². The van der Waals surface area contributed by atoms with Gasteiger partial charge in [0.05, 0.1) is 12.7 Å². The molecular formula is C8H10N6O2. The van der Waals surface area contributed by atoms with E-state index >= 15 is 0 Å². The molecule has 0 saturated heterocycles. The Morgan fingerprint density at radius 1 is 1.56 bits per heavy atom. The minimum atomic E-state index is -0.935. The molecule has 0 saturated carbocycles. The predicted octanol–water partition coefficient (Wildman–Crippen LogP) is -2.30. The molecule has 0 fully saturated rings. The first-order valence-corrected chi connectivity index (χ1v) is 4.53. The highest BCUT2D eigenvalue weighted by Gasteiger charge is 2.14. The molecule has 16 heavy (non-hydrogen) atoms. The van der Waals surface area contributed by atoms with E-state index < -0.39 is 11.9 Å². The standard InChI is InChI=1S/C8H10N6O2/c9-5(7(10)15)4-14-8(16)13-2-1-11-3-6(13)12-14/h1-3,5H,4,9H2,(H2,10,15). The number of carbonyl (C=O) groups excluding carboxylic acids is 1. The lowest BCUT2D eigenvalue weighted by Gasteiger charge is -2.04. The summed E-state index contributed by atoms with van der Waals surface area (Å²) in [5.74, 6) is -0.679. The summed E-state index contributed by atoms with van der Waals surface area (Å²) in [4.78, 5) is 26.3. The fraction of sp³-hybridized carbons (Fsp3) is 0.250. The molecular weight excluding hydrogens is 212 g/mol. The van der Waals surface area contributed by atoms with Crippen LogP contribution in [0.25, 0.3) is 5.65 Å². The average Bonchev–Trinajstić information content (AvgIpc) is 2.56. The summed E-state index contributed by atoms with van der Waals surface area (Å²) in [7, 11) is 0. The van der Waals surface area contributed by atoms with Gasteiger partial charge in [0.1, 0.15) is 6.04 Å². The van der Waals surface area contributed by atoms with E-state index in [-0.39, 0.29) is 12.2 Å². The summed E-state index contributed by atoms with van der Waals surface area (Å²) in [6.45, 7) is -0.0458. The summed E-state index contributed by atoms with van der Waals surface area (Å²) in [5.41, 5.74) is 10.5. The van der Waals surface area contributed by atoms with Crippen molar-refractivity contribution in [1.29, 1.82) is 0 Å². The zero-order chi connectivity index (χ0) is 11.7. The first kappa shape index (κ1) is 10.3. The van der Waals surface area contributed by atoms with E-state index in [0.717, 1.165) is 4.68 Å². The molecule has 1 amide bonds. The molecule has 0 bridgehead atoms. The predicted molar refractivity (Wildman–Crippen MR) is 54.4 cm³/mol. The maximum absolute atomic E-state index is 11.7. The molecule has 2 heterocycles. The van der Waals surface area contributed by atoms with Gasteiger partial charge in [0, 0.05) is 12.4 Å². The van der Waals surface area contributed by atoms with Gasteiger partial charge in [-0.3, -0.25) is 9.78 Å². The van der Waals surface area contributed by atoms with Crippen LogP contribution >= 0.6 is 0 Å². The summed E-state index contributed by atoms with van der Waals surface area (Å²) < 4.78 is 2.40. The quantitative estimate of drug-likeness (QED) is 0.605. The van der Waals surface area contributed by atoms with Crippen LogP contribution in [0.15, 0.2) is 23.4 Å². The lowest BCUT2D eigenvalue weighted by Crippen LogP contribution is -2.42. The third-order valence-corrected chi connectivity index (χ3v) is 2.12. The van der Waals surface area contributed by atoms with Crippen LogP contribution in [-0.2, 0) is 11.3 Å². The molecule has 0 aliphatic heterocycles. The Hall–Kier alpha value is -2.22. The molecule has 1 atom stereocenters. The van der Waals surface area contributed by atoms with Gasteiger partial charge in [-0.25, -0.2) is 13.9 Å². The van der Waals surface area contributed by atoms with Gasteiger partial charge in [0.25, 0.3) is 0 Å². The van der Waals surface area contributed by atoms with Crippen molar-refractivity contribution in [2.45, 2.75) is 12.6 Å². The molecule has 0 aliphatic rings. The normalized spacial score (nSPS) is 12.8. The SMILES string of the molecule is NC(=O)C(N)Cn1nc2cnccn2c1=O. The number of hydrogen-bond acceptors (Lipinski definition) is 5. The molecule has 0 aromatic carbocycles. The fourth-order valence-corrected chi connectivity index (χ4v) is 1.28. The summed E-state index contributed by atoms with van der Waals surface area (Å²) in [6.07, 6.45) is 4.39. The van der Waals surface area contributed by atoms with Crippen LogP contribution in [0.2, 0.25) is 0 Å². The van der Waals surface area contributed by atoms with Crippen molar-refractivity contribution in [3.05, 3.63) is 29.1 Å². The number of rotatable bonds is 3. The average molecular weight is 222 g/mol. The monoisotopic (exact) mass is 222 g/mol. The van der Waals surface area contributed by atoms with Crippen molar-refractivity contribution >= 4 is 11.6 Å². The lowest BCUT2D eigenvalue weighted by molar-refractivity contribution is -0.119. The maximum atomic E-state index is 11.7. The summed E-state index contributed by atoms with van der Waals surface area (Å²) in [6, 6.07) is -0.935. The lowest BCUT2D eigenvalue weighted by atomic mass is 10.3. The Kier molecular flexibility index (Phi) is 2.41. The number of hydrogen-bond donors (Lipinski definition) is 2. The number of nitrogens with zero attached hydrogens (tertiary/aromatic N) is 4. The van der Waals surface area contributed by atoms with Crippen LogP contribution in [0, 0.1) is 0 Å². The second kappa shape index (κ2) is 3.74. The van der Waals surface area contributed by atoms with Gasteiger partial charge < -0.3 is 11.5 Å². The Morgan fingerprint density at radius 3 is 2.94 bits per heavy atom. The largest absolute Gasteiger partial charge is 0.368 e. The van der Waals surface area contributed by atoms with Crippen LogP contribution in [-0.4, -0.2) is 31.1 Å². The number of carbonyl (C=O) groups is 1. The molecule has 0 spiro atoms. The van der Waals surface area contributed by atoms with Crippen LogP contribution < -0.4 is 17.2 Å². The Morgan fingerprint density at radius 2 is 2.31 bits per heavy atom. The molecule has 2 aromatic heterocycles. The Balaban J connectivity index is 2.42. The highest BCUT2D eigenvalue weighted by Crippen LogP contribution is 1.92. The third-order valence-electron chi connectivity index (χ3n) is 2.12. The second-order valence-electron chi connectivity index (χ2n) is 3.28. The molecule has 84 valence electrons. The van der Waals surface area contributed by atoms with Crippen molar-refractivity contribution in [1.82, 2.24) is 19.2 Å². The van der Waals surface area contributed by atoms with E-state index in [2.05, 4.69) is 10.1 Å². The van der Waals surface area contributed by atoms with Gasteiger partial charge in [-0.1, -0.05) is 0 Å². The number of fused-ring (bicyclic) bond motifs is 1. The second-order valence-corrected chi connectivity index (χ2v) is 3.28. The first-order chi connectivity index (χ1) is 7.59. The van der Waals surface area contributed by atoms with Crippen LogP contribution in [0.5, 0.6) is 0 Å². The van der Waals surface area contributed by atoms with Gasteiger partial charge in [-0.05, 0) is 0 Å². The minimum Gasteiger partial charge on any atom is -0.368 e. The van der Waals surface area contributed by atoms with Gasteiger partial charge >= 0.3 is 5.69 Å². The first-order valence-electron chi connectivity index (χ1n) is 4.53. The van der Waals surface area contributed by atoms with Crippen molar-refractivity contribution < 1.29 is 4.79 Å². The molecule has 2 rings (SSSR count). The highest BCUT2D eigenvalue weighted by atomic mass is 16.2. The fourth-order valence-electron chi connectivity index (χ4n) is 1.28. The van der Waals surface area contributed by atoms with Crippen LogP contribution in [0.1, 0.15) is 0 Å². The summed E-state index contributed by atoms with van der Waals surface area (Å²) in [5, 5.41) is 3.95. The zero-order valence-corrected chi connectivity index (χ0v) is 8.28. The molecule has 2 aromatic rings. The van der Waals surface area contributed by atoms with Gasteiger partial charge in [0.2, 0.25) is 5.91 Å². The Bertz CT molecular complexity index is 585. The van der Waals surface area contributed by atoms with E-state index in [0.29, 0.717) is 5.65 Å². The molecule has 4 N–H and O–H groups in total. The van der Waals surface area contributed by atoms with E-state index in [4.69, 9.17) is 11.5 Å². The van der Waals surface area contributed by atoms with E-state index in [1.54, 1.807) is 0 Å². The molecule has 8 heteroatoms. The van der Waals surface area contributed by atoms with Crippen LogP contribution in [0.3, 0.4) is 0 Å². The van der Waals surface area contributed by atoms with Gasteiger partial charge in [-0.2, -0.15) is 0 Å². The minimum absolute atomic E-state index is 0.0458. The number of primary amides is 1. The van der Waals surface area contributed by atoms with E-state index in [1.165, 1.54) is 23.0 Å². The molecule has 0 radical (unpaired) electrons. The van der Waals surface area contributed by atoms with Gasteiger partial charge in [0.15, 0.2) is 5.65 Å². The number of aromatic nitrogens is 4. The topological polar surface area (TPSA) is 121 Å². The molecule has 1 unspecified atom stereocenters. The van der Waals surface area contributed by atoms with Crippen molar-refractivity contribution in [3.63, 3.8) is 0 Å². The maximum Gasteiger partial charge on any atom is 0.350 e. The van der Waals surface area contributed by atoms with Crippen molar-refractivity contribution in [2.75, 3.05) is 0 Å². The highest BCUT2D eigenvalue weighted by molar-refractivity contribution is 5.79. The zero-order valence-electron chi connectivity index (χ0n) is 8.28. The van der Waals surface area contributed by atoms with Crippen LogP contribution in [0.4, 0.5) is 0 Å². The summed E-state index contributed by atoms with van der Waals surface area (Å²) >= 11 is 0. The third kappa shape index (κ3) is 1.65. The van der Waals surface area contributed by atoms with Crippen molar-refractivity contribution in [2.24, 2.45) is 11.5 Å². The smallest absolute Gasteiger partial charge is 0.350 e. The molecule has 8 nitrogen and oxygen atoms in total. The number of nitrogens with two attached hydrogens (primary N) is 2. The van der Waals surface area contributed by atoms with E-state index in [1.807, 2.05) is 0 Å². The number of amides is 1. The van der Waals surface area contributed by atoms with Gasteiger partial charge in [-0.15, -0.1) is 5.10 Å². The van der Waals surface area contributed by atoms with Crippen molar-refractivity contribution in [3.8, 4) is 0 Å². The molecule has 0 aliphatic carbocycles.